The Balaban J connectivity index is 0.000000434. The number of piperazine rings is 1. The number of carbonyl (C=O) groups excluding carboxylic acids is 1. The Bertz CT molecular complexity index is 1340. The first kappa shape index (κ1) is 33.1. The van der Waals surface area contributed by atoms with Gasteiger partial charge in [-0.25, -0.2) is 24.2 Å². The highest BCUT2D eigenvalue weighted by Crippen LogP contribution is 2.26. The number of anilines is 2. The van der Waals surface area contributed by atoms with Gasteiger partial charge in [0.1, 0.15) is 5.82 Å². The molecular formula is C28H33N5O9. The number of hydrogen-bond donors (Lipinski definition) is 5. The van der Waals surface area contributed by atoms with E-state index in [1.165, 1.54) is 5.56 Å². The molecule has 14 heteroatoms. The third-order valence-corrected chi connectivity index (χ3v) is 5.88. The Hall–Kier alpha value is -5.08. The van der Waals surface area contributed by atoms with Gasteiger partial charge in [-0.15, -0.1) is 0 Å². The molecule has 0 unspecified atom stereocenters. The number of carbonyl (C=O) groups is 5. The minimum absolute atomic E-state index is 0.0209. The second-order valence-corrected chi connectivity index (χ2v) is 9.25. The lowest BCUT2D eigenvalue weighted by Gasteiger charge is -2.34. The van der Waals surface area contributed by atoms with Gasteiger partial charge in [-0.3, -0.25) is 14.6 Å². The molecule has 0 bridgehead atoms. The molecule has 4 rings (SSSR count). The van der Waals surface area contributed by atoms with Crippen LogP contribution in [-0.2, 0) is 30.5 Å². The lowest BCUT2D eigenvalue weighted by Crippen LogP contribution is -2.48. The van der Waals surface area contributed by atoms with Gasteiger partial charge in [0.05, 0.1) is 17.7 Å². The molecular weight excluding hydrogens is 550 g/mol. The summed E-state index contributed by atoms with van der Waals surface area (Å²) >= 11 is 0. The number of carboxylic acid groups (broad SMARTS) is 4. The van der Waals surface area contributed by atoms with Gasteiger partial charge in [0.2, 0.25) is 5.91 Å². The summed E-state index contributed by atoms with van der Waals surface area (Å²) in [5, 5.41) is 33.6. The van der Waals surface area contributed by atoms with Crippen LogP contribution in [0.4, 0.5) is 11.5 Å². The Kier molecular flexibility index (Phi) is 12.8. The molecule has 1 fully saturated rings. The van der Waals surface area contributed by atoms with Crippen LogP contribution in [0, 0.1) is 0 Å². The fraction of sp³-hybridized carbons (Fsp3) is 0.286. The van der Waals surface area contributed by atoms with Gasteiger partial charge in [-0.2, -0.15) is 0 Å². The van der Waals surface area contributed by atoms with Crippen LogP contribution in [-0.4, -0.2) is 112 Å². The summed E-state index contributed by atoms with van der Waals surface area (Å²) in [6.07, 6.45) is 0. The van der Waals surface area contributed by atoms with E-state index in [-0.39, 0.29) is 5.91 Å². The van der Waals surface area contributed by atoms with Crippen molar-refractivity contribution in [3.8, 4) is 0 Å². The number of para-hydroxylation sites is 1. The molecule has 2 heterocycles. The molecule has 42 heavy (non-hydrogen) atoms. The SMILES string of the molecule is CN(C)c1cc(NC(=O)CN2CCN(Cc3ccccc3)CC2)c2ccccc2n1.O=C(O)C(=O)O.O=C(O)C(=O)O. The Morgan fingerprint density at radius 1 is 0.762 bits per heavy atom. The minimum Gasteiger partial charge on any atom is -0.473 e. The molecule has 0 atom stereocenters. The van der Waals surface area contributed by atoms with Gasteiger partial charge in [0, 0.05) is 58.3 Å². The highest BCUT2D eigenvalue weighted by Gasteiger charge is 2.20. The molecule has 5 N–H and O–H groups in total. The second kappa shape index (κ2) is 16.2. The van der Waals surface area contributed by atoms with Crippen LogP contribution >= 0.6 is 0 Å². The van der Waals surface area contributed by atoms with Crippen LogP contribution in [0.25, 0.3) is 10.9 Å². The van der Waals surface area contributed by atoms with Crippen molar-refractivity contribution < 1.29 is 44.4 Å². The summed E-state index contributed by atoms with van der Waals surface area (Å²) in [4.78, 5) is 60.5. The summed E-state index contributed by atoms with van der Waals surface area (Å²) in [6.45, 7) is 5.14. The van der Waals surface area contributed by atoms with Gasteiger partial charge in [-0.05, 0) is 11.6 Å². The molecule has 1 saturated heterocycles. The molecule has 0 saturated carbocycles. The van der Waals surface area contributed by atoms with Crippen LogP contribution in [0.2, 0.25) is 0 Å². The number of nitrogens with zero attached hydrogens (tertiary/aromatic N) is 4. The van der Waals surface area contributed by atoms with E-state index in [0.29, 0.717) is 6.54 Å². The molecule has 1 aromatic heterocycles. The maximum atomic E-state index is 12.8. The largest absolute Gasteiger partial charge is 0.473 e. The van der Waals surface area contributed by atoms with Crippen molar-refractivity contribution >= 4 is 52.2 Å². The summed E-state index contributed by atoms with van der Waals surface area (Å²) in [5.41, 5.74) is 3.04. The van der Waals surface area contributed by atoms with Crippen molar-refractivity contribution in [3.05, 3.63) is 66.2 Å². The quantitative estimate of drug-likeness (QED) is 0.261. The first-order valence-electron chi connectivity index (χ1n) is 12.7. The van der Waals surface area contributed by atoms with E-state index in [1.54, 1.807) is 0 Å². The normalized spacial score (nSPS) is 13.0. The fourth-order valence-corrected chi connectivity index (χ4v) is 3.83. The lowest BCUT2D eigenvalue weighted by molar-refractivity contribution is -0.159. The summed E-state index contributed by atoms with van der Waals surface area (Å²) in [5.74, 6) is -6.44. The van der Waals surface area contributed by atoms with Gasteiger partial charge >= 0.3 is 23.9 Å². The van der Waals surface area contributed by atoms with Crippen molar-refractivity contribution in [3.63, 3.8) is 0 Å². The number of fused-ring (bicyclic) bond motifs is 1. The molecule has 224 valence electrons. The van der Waals surface area contributed by atoms with Gasteiger partial charge in [0.15, 0.2) is 0 Å². The summed E-state index contributed by atoms with van der Waals surface area (Å²) < 4.78 is 0. The Labute approximate surface area is 241 Å². The molecule has 1 aliphatic rings. The molecule has 0 aliphatic carbocycles. The van der Waals surface area contributed by atoms with E-state index in [2.05, 4.69) is 44.4 Å². The monoisotopic (exact) mass is 583 g/mol. The maximum absolute atomic E-state index is 12.8. The summed E-state index contributed by atoms with van der Waals surface area (Å²) in [7, 11) is 3.91. The lowest BCUT2D eigenvalue weighted by atomic mass is 10.1. The Morgan fingerprint density at radius 3 is 1.79 bits per heavy atom. The van der Waals surface area contributed by atoms with Crippen LogP contribution in [0.5, 0.6) is 0 Å². The predicted molar refractivity (Wildman–Crippen MR) is 153 cm³/mol. The average Bonchev–Trinajstić information content (AvgIpc) is 2.95. The molecule has 0 spiro atoms. The predicted octanol–water partition coefficient (Wildman–Crippen LogP) is 1.37. The third-order valence-electron chi connectivity index (χ3n) is 5.88. The van der Waals surface area contributed by atoms with Crippen molar-refractivity contribution in [1.82, 2.24) is 14.8 Å². The zero-order valence-electron chi connectivity index (χ0n) is 23.1. The fourth-order valence-electron chi connectivity index (χ4n) is 3.83. The number of carboxylic acids is 4. The van der Waals surface area contributed by atoms with Gasteiger partial charge in [-0.1, -0.05) is 48.5 Å². The van der Waals surface area contributed by atoms with Crippen molar-refractivity contribution in [1.29, 1.82) is 0 Å². The molecule has 1 aliphatic heterocycles. The number of hydrogen-bond acceptors (Lipinski definition) is 9. The molecule has 14 nitrogen and oxygen atoms in total. The average molecular weight is 584 g/mol. The maximum Gasteiger partial charge on any atom is 0.414 e. The number of aliphatic carboxylic acids is 4. The number of rotatable bonds is 6. The zero-order chi connectivity index (χ0) is 31.2. The van der Waals surface area contributed by atoms with Crippen LogP contribution in [0.15, 0.2) is 60.7 Å². The van der Waals surface area contributed by atoms with Crippen LogP contribution in [0.1, 0.15) is 5.56 Å². The number of aromatic nitrogens is 1. The number of benzene rings is 2. The van der Waals surface area contributed by atoms with E-state index < -0.39 is 23.9 Å². The van der Waals surface area contributed by atoms with E-state index in [4.69, 9.17) is 39.6 Å². The first-order chi connectivity index (χ1) is 19.9. The molecule has 2 aromatic carbocycles. The van der Waals surface area contributed by atoms with Crippen molar-refractivity contribution in [2.75, 3.05) is 57.0 Å². The molecule has 0 radical (unpaired) electrons. The summed E-state index contributed by atoms with van der Waals surface area (Å²) in [6, 6.07) is 20.4. The van der Waals surface area contributed by atoms with Gasteiger partial charge < -0.3 is 30.6 Å². The van der Waals surface area contributed by atoms with E-state index >= 15 is 0 Å². The molecule has 1 amide bonds. The van der Waals surface area contributed by atoms with Crippen molar-refractivity contribution in [2.45, 2.75) is 6.54 Å². The van der Waals surface area contributed by atoms with Crippen LogP contribution in [0.3, 0.4) is 0 Å². The smallest absolute Gasteiger partial charge is 0.414 e. The highest BCUT2D eigenvalue weighted by atomic mass is 16.4. The van der Waals surface area contributed by atoms with E-state index in [9.17, 15) is 4.79 Å². The van der Waals surface area contributed by atoms with E-state index in [0.717, 1.165) is 55.1 Å². The minimum atomic E-state index is -1.82. The topological polar surface area (TPSA) is 201 Å². The second-order valence-electron chi connectivity index (χ2n) is 9.25. The Morgan fingerprint density at radius 2 is 1.26 bits per heavy atom. The number of nitrogens with one attached hydrogen (secondary N) is 1. The number of amides is 1. The third kappa shape index (κ3) is 11.2. The standard InChI is InChI=1S/C24H29N5O.2C2H2O4/c1-27(2)23-16-22(20-10-6-7-11-21(20)25-23)26-24(30)18-29-14-12-28(13-15-29)17-19-8-4-3-5-9-19;2*3-1(4)2(5)6/h3-11,16H,12-15,17-18H2,1-2H3,(H,25,26,30);2*(H,3,4)(H,5,6). The van der Waals surface area contributed by atoms with E-state index in [1.807, 2.05) is 55.4 Å². The zero-order valence-corrected chi connectivity index (χ0v) is 23.1. The molecule has 3 aromatic rings. The highest BCUT2D eigenvalue weighted by molar-refractivity contribution is 6.27. The van der Waals surface area contributed by atoms with Crippen molar-refractivity contribution in [2.24, 2.45) is 0 Å². The van der Waals surface area contributed by atoms with Gasteiger partial charge in [0.25, 0.3) is 0 Å². The van der Waals surface area contributed by atoms with Crippen LogP contribution < -0.4 is 10.2 Å². The number of pyridine rings is 1. The first-order valence-corrected chi connectivity index (χ1v) is 12.7.